The molecule has 0 aliphatic rings. The number of amides is 1. The molecule has 7 heteroatoms. The minimum Gasteiger partial charge on any atom is -0.480 e. The molecular formula is C8H10N4O3. The number of rotatable bonds is 5. The van der Waals surface area contributed by atoms with Crippen LogP contribution in [0.3, 0.4) is 0 Å². The Balaban J connectivity index is 2.26. The number of carbonyl (C=O) groups is 2. The number of hydrogen-bond acceptors (Lipinski definition) is 5. The maximum Gasteiger partial charge on any atom is 0.322 e. The first-order chi connectivity index (χ1) is 7.18. The van der Waals surface area contributed by atoms with Crippen LogP contribution in [0.15, 0.2) is 18.3 Å². The highest BCUT2D eigenvalue weighted by atomic mass is 16.4. The molecule has 80 valence electrons. The Hall–Kier alpha value is -2.18. The van der Waals surface area contributed by atoms with Gasteiger partial charge in [0.15, 0.2) is 0 Å². The molecule has 0 aromatic carbocycles. The number of hydrogen-bond donors (Lipinski definition) is 3. The van der Waals surface area contributed by atoms with Crippen LogP contribution in [0.2, 0.25) is 0 Å². The van der Waals surface area contributed by atoms with Gasteiger partial charge in [-0.05, 0) is 12.1 Å². The number of carboxylic acids is 1. The number of carboxylic acid groups (broad SMARTS) is 1. The first-order valence-corrected chi connectivity index (χ1v) is 4.18. The number of carbonyl (C=O) groups excluding carboxylic acids is 1. The van der Waals surface area contributed by atoms with Gasteiger partial charge in [0.1, 0.15) is 12.4 Å². The summed E-state index contributed by atoms with van der Waals surface area (Å²) in [5, 5.41) is 20.5. The summed E-state index contributed by atoms with van der Waals surface area (Å²) in [4.78, 5) is 21.2. The van der Waals surface area contributed by atoms with Crippen molar-refractivity contribution in [3.63, 3.8) is 0 Å². The lowest BCUT2D eigenvalue weighted by Gasteiger charge is -2.04. The maximum atomic E-state index is 11.0. The molecule has 0 aliphatic heterocycles. The number of nitrogens with zero attached hydrogens (tertiary/aromatic N) is 2. The second-order valence-corrected chi connectivity index (χ2v) is 2.63. The molecule has 0 unspecified atom stereocenters. The molecule has 1 rings (SSSR count). The normalized spacial score (nSPS) is 9.33. The minimum atomic E-state index is -1.08. The van der Waals surface area contributed by atoms with E-state index in [-0.39, 0.29) is 13.1 Å². The van der Waals surface area contributed by atoms with Crippen LogP contribution in [0.1, 0.15) is 0 Å². The van der Waals surface area contributed by atoms with Crippen molar-refractivity contribution in [3.8, 4) is 0 Å². The Morgan fingerprint density at radius 2 is 2.20 bits per heavy atom. The summed E-state index contributed by atoms with van der Waals surface area (Å²) in [6, 6.07) is 3.32. The molecule has 0 saturated heterocycles. The fourth-order valence-electron chi connectivity index (χ4n) is 0.803. The molecule has 0 bridgehead atoms. The van der Waals surface area contributed by atoms with E-state index >= 15 is 0 Å². The van der Waals surface area contributed by atoms with E-state index in [1.165, 1.54) is 6.20 Å². The maximum absolute atomic E-state index is 11.0. The third-order valence-electron chi connectivity index (χ3n) is 1.44. The standard InChI is InChI=1S/C8H10N4O3/c13-7(10-5-8(14)15)4-9-6-2-1-3-11-12-6/h1-3H,4-5H2,(H,9,12)(H,10,13)(H,14,15). The molecule has 0 atom stereocenters. The van der Waals surface area contributed by atoms with Gasteiger partial charge >= 0.3 is 5.97 Å². The Bertz CT molecular complexity index is 341. The first kappa shape index (κ1) is 10.9. The van der Waals surface area contributed by atoms with Crippen LogP contribution < -0.4 is 10.6 Å². The topological polar surface area (TPSA) is 104 Å². The lowest BCUT2D eigenvalue weighted by Crippen LogP contribution is -2.33. The van der Waals surface area contributed by atoms with E-state index in [2.05, 4.69) is 20.8 Å². The highest BCUT2D eigenvalue weighted by Gasteiger charge is 2.03. The van der Waals surface area contributed by atoms with Crippen molar-refractivity contribution in [2.45, 2.75) is 0 Å². The Morgan fingerprint density at radius 3 is 2.80 bits per heavy atom. The number of anilines is 1. The average Bonchev–Trinajstić information content (AvgIpc) is 2.25. The van der Waals surface area contributed by atoms with E-state index in [1.807, 2.05) is 0 Å². The number of nitrogens with one attached hydrogen (secondary N) is 2. The first-order valence-electron chi connectivity index (χ1n) is 4.18. The molecule has 15 heavy (non-hydrogen) atoms. The van der Waals surface area contributed by atoms with Crippen LogP contribution in [-0.4, -0.2) is 40.3 Å². The van der Waals surface area contributed by atoms with Gasteiger partial charge in [-0.3, -0.25) is 9.59 Å². The predicted molar refractivity (Wildman–Crippen MR) is 51.2 cm³/mol. The molecule has 0 fully saturated rings. The smallest absolute Gasteiger partial charge is 0.322 e. The van der Waals surface area contributed by atoms with E-state index in [0.717, 1.165) is 0 Å². The average molecular weight is 210 g/mol. The molecule has 1 heterocycles. The summed E-state index contributed by atoms with van der Waals surface area (Å²) in [6.45, 7) is -0.424. The lowest BCUT2D eigenvalue weighted by molar-refractivity contribution is -0.137. The SMILES string of the molecule is O=C(O)CNC(=O)CNc1cccnn1. The van der Waals surface area contributed by atoms with Crippen LogP contribution in [-0.2, 0) is 9.59 Å². The van der Waals surface area contributed by atoms with Gasteiger partial charge in [0.2, 0.25) is 5.91 Å². The Kier molecular flexibility index (Phi) is 4.02. The zero-order chi connectivity index (χ0) is 11.1. The van der Waals surface area contributed by atoms with E-state index in [4.69, 9.17) is 5.11 Å². The Morgan fingerprint density at radius 1 is 1.40 bits per heavy atom. The van der Waals surface area contributed by atoms with Crippen molar-refractivity contribution in [3.05, 3.63) is 18.3 Å². The zero-order valence-electron chi connectivity index (χ0n) is 7.80. The lowest BCUT2D eigenvalue weighted by atomic mass is 10.5. The summed E-state index contributed by atoms with van der Waals surface area (Å²) < 4.78 is 0. The zero-order valence-corrected chi connectivity index (χ0v) is 7.80. The van der Waals surface area contributed by atoms with Gasteiger partial charge in [0.05, 0.1) is 6.54 Å². The molecule has 0 radical (unpaired) electrons. The summed E-state index contributed by atoms with van der Waals surface area (Å²) in [7, 11) is 0. The molecule has 1 aromatic rings. The van der Waals surface area contributed by atoms with Crippen molar-refractivity contribution < 1.29 is 14.7 Å². The fraction of sp³-hybridized carbons (Fsp3) is 0.250. The van der Waals surface area contributed by atoms with Crippen LogP contribution >= 0.6 is 0 Å². The molecule has 0 saturated carbocycles. The second-order valence-electron chi connectivity index (χ2n) is 2.63. The van der Waals surface area contributed by atoms with E-state index in [0.29, 0.717) is 5.82 Å². The van der Waals surface area contributed by atoms with Crippen LogP contribution in [0, 0.1) is 0 Å². The summed E-state index contributed by atoms with van der Waals surface area (Å²) in [6.07, 6.45) is 1.51. The largest absolute Gasteiger partial charge is 0.480 e. The Labute approximate surface area is 85.5 Å². The quantitative estimate of drug-likeness (QED) is 0.581. The van der Waals surface area contributed by atoms with Crippen molar-refractivity contribution in [1.29, 1.82) is 0 Å². The van der Waals surface area contributed by atoms with Crippen LogP contribution in [0.5, 0.6) is 0 Å². The van der Waals surface area contributed by atoms with Crippen molar-refractivity contribution in [1.82, 2.24) is 15.5 Å². The van der Waals surface area contributed by atoms with Crippen molar-refractivity contribution >= 4 is 17.7 Å². The molecule has 0 spiro atoms. The van der Waals surface area contributed by atoms with Gasteiger partial charge in [-0.2, -0.15) is 5.10 Å². The van der Waals surface area contributed by atoms with Gasteiger partial charge in [-0.25, -0.2) is 0 Å². The summed E-state index contributed by atoms with van der Waals surface area (Å²) in [5.41, 5.74) is 0. The van der Waals surface area contributed by atoms with Crippen molar-refractivity contribution in [2.75, 3.05) is 18.4 Å². The molecule has 7 nitrogen and oxygen atoms in total. The van der Waals surface area contributed by atoms with E-state index in [1.54, 1.807) is 12.1 Å². The third kappa shape index (κ3) is 4.55. The number of aliphatic carboxylic acids is 1. The fourth-order valence-corrected chi connectivity index (χ4v) is 0.803. The molecule has 1 amide bonds. The van der Waals surface area contributed by atoms with Gasteiger partial charge in [0, 0.05) is 6.20 Å². The molecule has 1 aromatic heterocycles. The highest BCUT2D eigenvalue weighted by molar-refractivity contribution is 5.84. The second kappa shape index (κ2) is 5.53. The van der Waals surface area contributed by atoms with Crippen LogP contribution in [0.25, 0.3) is 0 Å². The van der Waals surface area contributed by atoms with Gasteiger partial charge < -0.3 is 15.7 Å². The minimum absolute atomic E-state index is 0.0357. The molecule has 0 aliphatic carbocycles. The number of aromatic nitrogens is 2. The summed E-state index contributed by atoms with van der Waals surface area (Å²) >= 11 is 0. The van der Waals surface area contributed by atoms with Crippen LogP contribution in [0.4, 0.5) is 5.82 Å². The van der Waals surface area contributed by atoms with Crippen molar-refractivity contribution in [2.24, 2.45) is 0 Å². The van der Waals surface area contributed by atoms with E-state index in [9.17, 15) is 9.59 Å². The predicted octanol–water partition coefficient (Wildman–Crippen LogP) is -0.911. The molecule has 3 N–H and O–H groups in total. The summed E-state index contributed by atoms with van der Waals surface area (Å²) in [5.74, 6) is -1.03. The third-order valence-corrected chi connectivity index (χ3v) is 1.44. The highest BCUT2D eigenvalue weighted by Crippen LogP contribution is 1.95. The van der Waals surface area contributed by atoms with Gasteiger partial charge in [-0.1, -0.05) is 0 Å². The molecular weight excluding hydrogens is 200 g/mol. The van der Waals surface area contributed by atoms with E-state index < -0.39 is 11.9 Å². The monoisotopic (exact) mass is 210 g/mol. The van der Waals surface area contributed by atoms with Gasteiger partial charge in [0.25, 0.3) is 0 Å². The van der Waals surface area contributed by atoms with Gasteiger partial charge in [-0.15, -0.1) is 5.10 Å².